The van der Waals surface area contributed by atoms with Crippen molar-refractivity contribution >= 4 is 27.3 Å². The van der Waals surface area contributed by atoms with Gasteiger partial charge in [-0.15, -0.1) is 0 Å². The zero-order chi connectivity index (χ0) is 16.0. The standard InChI is InChI=1S/C18H15BrN2O2/c19-16-6-2-5-15-13-3-1-4-14(13)17(20-18(15)16)11-7-9-12(10-8-11)21(22)23/h1-3,5-10,13-14,17,20H,4H2. The summed E-state index contributed by atoms with van der Waals surface area (Å²) in [5.41, 5.74) is 3.67. The maximum absolute atomic E-state index is 10.9. The lowest BCUT2D eigenvalue weighted by molar-refractivity contribution is -0.384. The third-order valence-corrected chi connectivity index (χ3v) is 5.47. The number of halogens is 1. The van der Waals surface area contributed by atoms with Crippen molar-refractivity contribution in [3.05, 3.63) is 80.3 Å². The summed E-state index contributed by atoms with van der Waals surface area (Å²) in [6.45, 7) is 0. The number of nitro benzene ring substituents is 1. The van der Waals surface area contributed by atoms with Gasteiger partial charge in [0.2, 0.25) is 0 Å². The van der Waals surface area contributed by atoms with E-state index in [1.807, 2.05) is 18.2 Å². The van der Waals surface area contributed by atoms with E-state index in [9.17, 15) is 10.1 Å². The van der Waals surface area contributed by atoms with Gasteiger partial charge in [-0.3, -0.25) is 10.1 Å². The Kier molecular flexibility index (Phi) is 3.45. The van der Waals surface area contributed by atoms with Gasteiger partial charge in [0.1, 0.15) is 0 Å². The summed E-state index contributed by atoms with van der Waals surface area (Å²) in [6, 6.07) is 13.3. The van der Waals surface area contributed by atoms with E-state index < -0.39 is 0 Å². The van der Waals surface area contributed by atoms with Crippen LogP contribution in [0.3, 0.4) is 0 Å². The highest BCUT2D eigenvalue weighted by atomic mass is 79.9. The SMILES string of the molecule is O=[N+]([O-])c1ccc(C2Nc3c(Br)cccc3C3C=CCC32)cc1. The van der Waals surface area contributed by atoms with E-state index in [0.29, 0.717) is 11.8 Å². The number of allylic oxidation sites excluding steroid dienone is 2. The van der Waals surface area contributed by atoms with Crippen LogP contribution >= 0.6 is 15.9 Å². The Bertz CT molecular complexity index is 801. The Hall–Kier alpha value is -2.14. The van der Waals surface area contributed by atoms with Gasteiger partial charge >= 0.3 is 0 Å². The average molecular weight is 371 g/mol. The largest absolute Gasteiger partial charge is 0.377 e. The van der Waals surface area contributed by atoms with Crippen molar-refractivity contribution in [2.75, 3.05) is 5.32 Å². The van der Waals surface area contributed by atoms with Crippen LogP contribution in [0.25, 0.3) is 0 Å². The molecule has 0 saturated heterocycles. The number of para-hydroxylation sites is 1. The second-order valence-corrected chi connectivity index (χ2v) is 6.88. The van der Waals surface area contributed by atoms with Gasteiger partial charge in [0.05, 0.1) is 16.7 Å². The summed E-state index contributed by atoms with van der Waals surface area (Å²) in [5.74, 6) is 0.835. The molecular weight excluding hydrogens is 356 g/mol. The van der Waals surface area contributed by atoms with E-state index in [2.05, 4.69) is 45.5 Å². The molecule has 0 aromatic heterocycles. The zero-order valence-electron chi connectivity index (χ0n) is 12.3. The molecule has 0 radical (unpaired) electrons. The molecular formula is C18H15BrN2O2. The molecule has 1 aliphatic heterocycles. The lowest BCUT2D eigenvalue weighted by atomic mass is 9.77. The van der Waals surface area contributed by atoms with Gasteiger partial charge in [-0.05, 0) is 45.5 Å². The third kappa shape index (κ3) is 2.36. The number of nitrogens with zero attached hydrogens (tertiary/aromatic N) is 1. The monoisotopic (exact) mass is 370 g/mol. The molecule has 1 heterocycles. The van der Waals surface area contributed by atoms with Gasteiger partial charge in [-0.25, -0.2) is 0 Å². The molecule has 0 fully saturated rings. The van der Waals surface area contributed by atoms with Crippen molar-refractivity contribution in [3.63, 3.8) is 0 Å². The number of hydrogen-bond donors (Lipinski definition) is 1. The Labute approximate surface area is 142 Å². The second-order valence-electron chi connectivity index (χ2n) is 6.03. The number of non-ortho nitro benzene ring substituents is 1. The number of nitro groups is 1. The average Bonchev–Trinajstić information content (AvgIpc) is 3.04. The molecule has 0 amide bonds. The Morgan fingerprint density at radius 3 is 2.70 bits per heavy atom. The normalized spacial score (nSPS) is 24.7. The summed E-state index contributed by atoms with van der Waals surface area (Å²) < 4.78 is 1.06. The first kappa shape index (κ1) is 14.5. The van der Waals surface area contributed by atoms with Gasteiger partial charge in [0.25, 0.3) is 5.69 Å². The van der Waals surface area contributed by atoms with Crippen molar-refractivity contribution in [1.29, 1.82) is 0 Å². The predicted octanol–water partition coefficient (Wildman–Crippen LogP) is 5.18. The zero-order valence-corrected chi connectivity index (χ0v) is 13.9. The number of anilines is 1. The minimum Gasteiger partial charge on any atom is -0.377 e. The van der Waals surface area contributed by atoms with E-state index in [1.54, 1.807) is 12.1 Å². The van der Waals surface area contributed by atoms with Crippen LogP contribution in [0.4, 0.5) is 11.4 Å². The van der Waals surface area contributed by atoms with Gasteiger partial charge in [0.15, 0.2) is 0 Å². The lowest BCUT2D eigenvalue weighted by Crippen LogP contribution is -2.29. The molecule has 3 unspecified atom stereocenters. The van der Waals surface area contributed by atoms with E-state index in [-0.39, 0.29) is 16.7 Å². The van der Waals surface area contributed by atoms with Crippen LogP contribution in [-0.2, 0) is 0 Å². The number of nitrogens with one attached hydrogen (secondary N) is 1. The molecule has 23 heavy (non-hydrogen) atoms. The fourth-order valence-electron chi connectivity index (χ4n) is 3.72. The lowest BCUT2D eigenvalue weighted by Gasteiger charge is -2.38. The Morgan fingerprint density at radius 2 is 1.96 bits per heavy atom. The van der Waals surface area contributed by atoms with Gasteiger partial charge in [-0.2, -0.15) is 0 Å². The minimum atomic E-state index is -0.357. The topological polar surface area (TPSA) is 55.2 Å². The van der Waals surface area contributed by atoms with Crippen molar-refractivity contribution in [3.8, 4) is 0 Å². The first-order valence-electron chi connectivity index (χ1n) is 7.61. The minimum absolute atomic E-state index is 0.132. The number of hydrogen-bond acceptors (Lipinski definition) is 3. The number of fused-ring (bicyclic) bond motifs is 3. The molecule has 0 bridgehead atoms. The highest BCUT2D eigenvalue weighted by molar-refractivity contribution is 9.10. The molecule has 3 atom stereocenters. The Morgan fingerprint density at radius 1 is 1.17 bits per heavy atom. The van der Waals surface area contributed by atoms with Crippen molar-refractivity contribution in [2.24, 2.45) is 5.92 Å². The Balaban J connectivity index is 1.75. The van der Waals surface area contributed by atoms with Gasteiger partial charge in [0, 0.05) is 22.5 Å². The van der Waals surface area contributed by atoms with E-state index in [0.717, 1.165) is 22.1 Å². The molecule has 4 rings (SSSR count). The number of rotatable bonds is 2. The first-order chi connectivity index (χ1) is 11.1. The highest BCUT2D eigenvalue weighted by Crippen LogP contribution is 2.51. The maximum atomic E-state index is 10.9. The molecule has 2 aromatic carbocycles. The van der Waals surface area contributed by atoms with Crippen LogP contribution in [0.2, 0.25) is 0 Å². The molecule has 2 aromatic rings. The summed E-state index contributed by atoms with van der Waals surface area (Å²) in [6.07, 6.45) is 5.55. The quantitative estimate of drug-likeness (QED) is 0.449. The fourth-order valence-corrected chi connectivity index (χ4v) is 4.21. The van der Waals surface area contributed by atoms with E-state index in [4.69, 9.17) is 0 Å². The van der Waals surface area contributed by atoms with Crippen LogP contribution in [0.5, 0.6) is 0 Å². The molecule has 1 aliphatic carbocycles. The molecule has 4 nitrogen and oxygen atoms in total. The molecule has 2 aliphatic rings. The van der Waals surface area contributed by atoms with Crippen LogP contribution < -0.4 is 5.32 Å². The first-order valence-corrected chi connectivity index (χ1v) is 8.40. The highest BCUT2D eigenvalue weighted by Gasteiger charge is 2.38. The van der Waals surface area contributed by atoms with Crippen LogP contribution in [0.15, 0.2) is 59.1 Å². The number of benzene rings is 2. The van der Waals surface area contributed by atoms with Crippen molar-refractivity contribution in [2.45, 2.75) is 18.4 Å². The second kappa shape index (κ2) is 5.49. The summed E-state index contributed by atoms with van der Waals surface area (Å²) >= 11 is 3.63. The van der Waals surface area contributed by atoms with Crippen molar-refractivity contribution < 1.29 is 4.92 Å². The van der Waals surface area contributed by atoms with E-state index in [1.165, 1.54) is 5.56 Å². The summed E-state index contributed by atoms with van der Waals surface area (Å²) in [7, 11) is 0. The van der Waals surface area contributed by atoms with Gasteiger partial charge < -0.3 is 5.32 Å². The van der Waals surface area contributed by atoms with Crippen molar-refractivity contribution in [1.82, 2.24) is 0 Å². The molecule has 0 spiro atoms. The van der Waals surface area contributed by atoms with Crippen LogP contribution in [-0.4, -0.2) is 4.92 Å². The van der Waals surface area contributed by atoms with E-state index >= 15 is 0 Å². The maximum Gasteiger partial charge on any atom is 0.269 e. The molecule has 0 saturated carbocycles. The summed E-state index contributed by atoms with van der Waals surface area (Å²) in [4.78, 5) is 10.5. The fraction of sp³-hybridized carbons (Fsp3) is 0.222. The predicted molar refractivity (Wildman–Crippen MR) is 93.6 cm³/mol. The van der Waals surface area contributed by atoms with Crippen LogP contribution in [0, 0.1) is 16.0 Å². The molecule has 5 heteroatoms. The third-order valence-electron chi connectivity index (χ3n) is 4.81. The summed E-state index contributed by atoms with van der Waals surface area (Å²) in [5, 5.41) is 14.5. The smallest absolute Gasteiger partial charge is 0.269 e. The van der Waals surface area contributed by atoms with Gasteiger partial charge in [-0.1, -0.05) is 36.4 Å². The van der Waals surface area contributed by atoms with Crippen LogP contribution in [0.1, 0.15) is 29.5 Å². The molecule has 1 N–H and O–H groups in total. The molecule has 116 valence electrons.